The van der Waals surface area contributed by atoms with Crippen LogP contribution in [0, 0.1) is 5.82 Å². The second-order valence-corrected chi connectivity index (χ2v) is 6.19. The maximum atomic E-state index is 13.0. The summed E-state index contributed by atoms with van der Waals surface area (Å²) < 4.78 is 14.5. The van der Waals surface area contributed by atoms with E-state index in [1.165, 1.54) is 35.1 Å². The Balaban J connectivity index is 1.69. The number of pyridine rings is 1. The van der Waals surface area contributed by atoms with E-state index in [-0.39, 0.29) is 5.39 Å². The first-order valence-electron chi connectivity index (χ1n) is 8.44. The van der Waals surface area contributed by atoms with E-state index < -0.39 is 28.6 Å². The Hall–Kier alpha value is -3.94. The van der Waals surface area contributed by atoms with Gasteiger partial charge in [-0.3, -0.25) is 9.59 Å². The van der Waals surface area contributed by atoms with Crippen molar-refractivity contribution in [3.8, 4) is 5.75 Å². The number of hydrogen-bond acceptors (Lipinski definition) is 4. The number of amides is 1. The maximum Gasteiger partial charge on any atom is 0.266 e. The Labute approximate surface area is 158 Å². The first-order valence-corrected chi connectivity index (χ1v) is 8.44. The standard InChI is InChI=1S/C20H15FN4O3/c21-13-6-8-14(9-7-13)23-19(27)16-17(26)15-10-22-25(18(15)24-20(16)28)11-12-4-2-1-3-5-12/h1-10H,11H2,(H,23,27)(H2,24,26,28). The molecule has 2 aromatic heterocycles. The lowest BCUT2D eigenvalue weighted by molar-refractivity contribution is 0.102. The number of halogens is 1. The number of carbonyl (C=O) groups excluding carboxylic acids is 1. The van der Waals surface area contributed by atoms with Crippen LogP contribution in [0.2, 0.25) is 0 Å². The van der Waals surface area contributed by atoms with Gasteiger partial charge in [-0.15, -0.1) is 0 Å². The van der Waals surface area contributed by atoms with Crippen molar-refractivity contribution in [2.45, 2.75) is 6.54 Å². The van der Waals surface area contributed by atoms with Crippen molar-refractivity contribution < 1.29 is 14.3 Å². The molecule has 0 radical (unpaired) electrons. The summed E-state index contributed by atoms with van der Waals surface area (Å²) in [7, 11) is 0. The molecule has 0 bridgehead atoms. The lowest BCUT2D eigenvalue weighted by Gasteiger charge is -2.08. The third-order valence-corrected chi connectivity index (χ3v) is 4.29. The molecule has 2 aromatic carbocycles. The Kier molecular flexibility index (Phi) is 4.36. The molecule has 4 rings (SSSR count). The summed E-state index contributed by atoms with van der Waals surface area (Å²) in [5.74, 6) is -1.72. The highest BCUT2D eigenvalue weighted by atomic mass is 19.1. The molecule has 0 fully saturated rings. The molecule has 3 N–H and O–H groups in total. The number of fused-ring (bicyclic) bond motifs is 1. The topological polar surface area (TPSA) is 100 Å². The number of aromatic nitrogens is 3. The zero-order valence-electron chi connectivity index (χ0n) is 14.5. The molecule has 0 atom stereocenters. The zero-order chi connectivity index (χ0) is 19.7. The van der Waals surface area contributed by atoms with Crippen molar-refractivity contribution in [2.75, 3.05) is 5.32 Å². The maximum absolute atomic E-state index is 13.0. The minimum atomic E-state index is -0.803. The lowest BCUT2D eigenvalue weighted by atomic mass is 10.2. The highest BCUT2D eigenvalue weighted by molar-refractivity contribution is 6.08. The zero-order valence-corrected chi connectivity index (χ0v) is 14.5. The minimum Gasteiger partial charge on any atom is -0.506 e. The number of nitrogens with one attached hydrogen (secondary N) is 2. The summed E-state index contributed by atoms with van der Waals surface area (Å²) in [5, 5.41) is 17.4. The number of rotatable bonds is 4. The molecule has 0 aliphatic heterocycles. The van der Waals surface area contributed by atoms with Crippen molar-refractivity contribution in [3.63, 3.8) is 0 Å². The molecular weight excluding hydrogens is 363 g/mol. The average Bonchev–Trinajstić information content (AvgIpc) is 3.07. The Morgan fingerprint density at radius 3 is 2.57 bits per heavy atom. The molecule has 0 saturated carbocycles. The van der Waals surface area contributed by atoms with Gasteiger partial charge in [0.25, 0.3) is 11.5 Å². The molecule has 0 aliphatic carbocycles. The third kappa shape index (κ3) is 3.23. The summed E-state index contributed by atoms with van der Waals surface area (Å²) in [6, 6.07) is 14.6. The van der Waals surface area contributed by atoms with Gasteiger partial charge < -0.3 is 15.4 Å². The first-order chi connectivity index (χ1) is 13.5. The van der Waals surface area contributed by atoms with Crippen LogP contribution in [0.15, 0.2) is 65.6 Å². The van der Waals surface area contributed by atoms with E-state index >= 15 is 0 Å². The molecule has 0 aliphatic rings. The van der Waals surface area contributed by atoms with E-state index in [1.54, 1.807) is 0 Å². The quantitative estimate of drug-likeness (QED) is 0.508. The van der Waals surface area contributed by atoms with Crippen molar-refractivity contribution in [1.82, 2.24) is 14.8 Å². The van der Waals surface area contributed by atoms with E-state index in [0.717, 1.165) is 5.56 Å². The van der Waals surface area contributed by atoms with Gasteiger partial charge in [-0.2, -0.15) is 5.10 Å². The van der Waals surface area contributed by atoms with Crippen molar-refractivity contribution >= 4 is 22.6 Å². The highest BCUT2D eigenvalue weighted by Crippen LogP contribution is 2.25. The van der Waals surface area contributed by atoms with Crippen LogP contribution in [-0.2, 0) is 6.54 Å². The molecule has 140 valence electrons. The van der Waals surface area contributed by atoms with E-state index in [1.807, 2.05) is 30.3 Å². The van der Waals surface area contributed by atoms with Crippen LogP contribution < -0.4 is 10.9 Å². The van der Waals surface area contributed by atoms with E-state index in [0.29, 0.717) is 17.9 Å². The number of hydrogen-bond donors (Lipinski definition) is 3. The number of benzene rings is 2. The number of aromatic amines is 1. The molecule has 7 nitrogen and oxygen atoms in total. The van der Waals surface area contributed by atoms with Gasteiger partial charge >= 0.3 is 0 Å². The molecular formula is C20H15FN4O3. The van der Waals surface area contributed by atoms with Crippen molar-refractivity contribution in [2.24, 2.45) is 0 Å². The smallest absolute Gasteiger partial charge is 0.266 e. The molecule has 28 heavy (non-hydrogen) atoms. The van der Waals surface area contributed by atoms with Crippen LogP contribution >= 0.6 is 0 Å². The van der Waals surface area contributed by atoms with Crippen LogP contribution in [0.5, 0.6) is 5.75 Å². The largest absolute Gasteiger partial charge is 0.506 e. The number of anilines is 1. The van der Waals surface area contributed by atoms with Crippen LogP contribution in [0.1, 0.15) is 15.9 Å². The molecule has 0 spiro atoms. The van der Waals surface area contributed by atoms with Crippen LogP contribution in [0.25, 0.3) is 11.0 Å². The first kappa shape index (κ1) is 17.5. The fourth-order valence-corrected chi connectivity index (χ4v) is 2.92. The molecule has 0 unspecified atom stereocenters. The van der Waals surface area contributed by atoms with Gasteiger partial charge in [0.15, 0.2) is 0 Å². The molecule has 0 saturated heterocycles. The van der Waals surface area contributed by atoms with Gasteiger partial charge in [0.05, 0.1) is 18.1 Å². The van der Waals surface area contributed by atoms with Crippen molar-refractivity contribution in [3.05, 3.63) is 88.1 Å². The summed E-state index contributed by atoms with van der Waals surface area (Å²) in [4.78, 5) is 27.5. The second kappa shape index (κ2) is 6.99. The van der Waals surface area contributed by atoms with E-state index in [4.69, 9.17) is 0 Å². The summed E-state index contributed by atoms with van der Waals surface area (Å²) in [6.07, 6.45) is 1.39. The van der Waals surface area contributed by atoms with Gasteiger partial charge in [-0.25, -0.2) is 9.07 Å². The molecule has 8 heteroatoms. The Bertz CT molecular complexity index is 1210. The van der Waals surface area contributed by atoms with Crippen LogP contribution in [-0.4, -0.2) is 25.8 Å². The van der Waals surface area contributed by atoms with Gasteiger partial charge in [-0.1, -0.05) is 30.3 Å². The highest BCUT2D eigenvalue weighted by Gasteiger charge is 2.21. The van der Waals surface area contributed by atoms with E-state index in [9.17, 15) is 19.1 Å². The third-order valence-electron chi connectivity index (χ3n) is 4.29. The van der Waals surface area contributed by atoms with Gasteiger partial charge in [0.2, 0.25) is 0 Å². The molecule has 4 aromatic rings. The summed E-state index contributed by atoms with van der Waals surface area (Å²) >= 11 is 0. The molecule has 1 amide bonds. The Morgan fingerprint density at radius 1 is 1.14 bits per heavy atom. The Morgan fingerprint density at radius 2 is 1.86 bits per heavy atom. The monoisotopic (exact) mass is 378 g/mol. The predicted molar refractivity (Wildman–Crippen MR) is 102 cm³/mol. The average molecular weight is 378 g/mol. The molecule has 2 heterocycles. The van der Waals surface area contributed by atoms with E-state index in [2.05, 4.69) is 15.4 Å². The number of H-pyrrole nitrogens is 1. The lowest BCUT2D eigenvalue weighted by Crippen LogP contribution is -2.24. The second-order valence-electron chi connectivity index (χ2n) is 6.19. The van der Waals surface area contributed by atoms with Gasteiger partial charge in [0, 0.05) is 5.69 Å². The predicted octanol–water partition coefficient (Wildman–Crippen LogP) is 2.87. The van der Waals surface area contributed by atoms with Crippen molar-refractivity contribution in [1.29, 1.82) is 0 Å². The van der Waals surface area contributed by atoms with Gasteiger partial charge in [0.1, 0.15) is 22.8 Å². The number of aromatic hydroxyl groups is 1. The summed E-state index contributed by atoms with van der Waals surface area (Å²) in [5.41, 5.74) is 0.385. The van der Waals surface area contributed by atoms with Crippen LogP contribution in [0.4, 0.5) is 10.1 Å². The fraction of sp³-hybridized carbons (Fsp3) is 0.0500. The SMILES string of the molecule is O=C(Nc1ccc(F)cc1)c1c(O)c2cnn(Cc3ccccc3)c2[nH]c1=O. The van der Waals surface area contributed by atoms with Gasteiger partial charge in [-0.05, 0) is 29.8 Å². The fourth-order valence-electron chi connectivity index (χ4n) is 2.92. The normalized spacial score (nSPS) is 10.9. The minimum absolute atomic E-state index is 0.250. The number of nitrogens with zero attached hydrogens (tertiary/aromatic N) is 2. The summed E-state index contributed by atoms with van der Waals surface area (Å²) in [6.45, 7) is 0.390. The van der Waals surface area contributed by atoms with Crippen LogP contribution in [0.3, 0.4) is 0 Å². The number of carbonyl (C=O) groups is 1.